The SMILES string of the molecule is C=C(S)N(CCc1ccccc1)C(=O)N(CCCCO)C(C)C. The van der Waals surface area contributed by atoms with Crippen molar-refractivity contribution in [3.8, 4) is 0 Å². The number of hydrogen-bond donors (Lipinski definition) is 2. The van der Waals surface area contributed by atoms with Gasteiger partial charge in [-0.05, 0) is 38.7 Å². The molecule has 0 unspecified atom stereocenters. The molecule has 0 heterocycles. The third-order valence-electron chi connectivity index (χ3n) is 3.69. The van der Waals surface area contributed by atoms with Crippen LogP contribution in [0.4, 0.5) is 4.79 Å². The van der Waals surface area contributed by atoms with Crippen molar-refractivity contribution in [3.63, 3.8) is 0 Å². The molecule has 0 fully saturated rings. The van der Waals surface area contributed by atoms with Gasteiger partial charge in [0.15, 0.2) is 0 Å². The molecule has 1 aromatic rings. The monoisotopic (exact) mass is 336 g/mol. The van der Waals surface area contributed by atoms with Crippen LogP contribution >= 0.6 is 12.6 Å². The number of carbonyl (C=O) groups is 1. The van der Waals surface area contributed by atoms with Crippen LogP contribution in [-0.4, -0.2) is 46.7 Å². The molecule has 0 aliphatic heterocycles. The predicted molar refractivity (Wildman–Crippen MR) is 98.5 cm³/mol. The van der Waals surface area contributed by atoms with Crippen molar-refractivity contribution in [1.82, 2.24) is 9.80 Å². The summed E-state index contributed by atoms with van der Waals surface area (Å²) in [5.74, 6) is 0. The molecule has 23 heavy (non-hydrogen) atoms. The van der Waals surface area contributed by atoms with Crippen LogP contribution in [0.2, 0.25) is 0 Å². The lowest BCUT2D eigenvalue weighted by Crippen LogP contribution is -2.46. The Kier molecular flexibility index (Phi) is 8.81. The second-order valence-corrected chi connectivity index (χ2v) is 6.32. The van der Waals surface area contributed by atoms with Crippen LogP contribution in [0, 0.1) is 0 Å². The van der Waals surface area contributed by atoms with Gasteiger partial charge in [-0.15, -0.1) is 12.6 Å². The largest absolute Gasteiger partial charge is 0.396 e. The molecule has 0 bridgehead atoms. The fraction of sp³-hybridized carbons (Fsp3) is 0.500. The normalized spacial score (nSPS) is 10.7. The van der Waals surface area contributed by atoms with Gasteiger partial charge in [-0.1, -0.05) is 36.9 Å². The zero-order chi connectivity index (χ0) is 17.2. The van der Waals surface area contributed by atoms with Crippen LogP contribution in [0.25, 0.3) is 0 Å². The van der Waals surface area contributed by atoms with E-state index in [0.29, 0.717) is 24.5 Å². The summed E-state index contributed by atoms with van der Waals surface area (Å²) in [4.78, 5) is 16.2. The van der Waals surface area contributed by atoms with E-state index in [1.165, 1.54) is 5.56 Å². The van der Waals surface area contributed by atoms with Gasteiger partial charge < -0.3 is 10.0 Å². The molecule has 0 saturated heterocycles. The second-order valence-electron chi connectivity index (χ2n) is 5.80. The first-order valence-electron chi connectivity index (χ1n) is 8.08. The Labute approximate surface area is 145 Å². The summed E-state index contributed by atoms with van der Waals surface area (Å²) in [5, 5.41) is 9.38. The lowest BCUT2D eigenvalue weighted by molar-refractivity contribution is 0.151. The number of unbranched alkanes of at least 4 members (excludes halogenated alkanes) is 1. The van der Waals surface area contributed by atoms with E-state index in [1.54, 1.807) is 4.90 Å². The summed E-state index contributed by atoms with van der Waals surface area (Å²) in [5.41, 5.74) is 1.18. The van der Waals surface area contributed by atoms with E-state index < -0.39 is 0 Å². The highest BCUT2D eigenvalue weighted by Gasteiger charge is 2.23. The highest BCUT2D eigenvalue weighted by Crippen LogP contribution is 2.15. The maximum absolute atomic E-state index is 12.8. The second kappa shape index (κ2) is 10.3. The zero-order valence-corrected chi connectivity index (χ0v) is 15.0. The smallest absolute Gasteiger partial charge is 0.325 e. The Hall–Kier alpha value is -1.46. The standard InChI is InChI=1S/C18H28N2O2S/c1-15(2)19(12-7-8-14-21)18(22)20(16(3)23)13-11-17-9-5-4-6-10-17/h4-6,9-10,15,21,23H,3,7-8,11-14H2,1-2H3. The van der Waals surface area contributed by atoms with Crippen LogP contribution < -0.4 is 0 Å². The molecular formula is C18H28N2O2S. The predicted octanol–water partition coefficient (Wildman–Crippen LogP) is 3.54. The van der Waals surface area contributed by atoms with Gasteiger partial charge in [-0.3, -0.25) is 4.90 Å². The number of benzene rings is 1. The molecule has 1 N–H and O–H groups in total. The quantitative estimate of drug-likeness (QED) is 0.535. The number of nitrogens with zero attached hydrogens (tertiary/aromatic N) is 2. The van der Waals surface area contributed by atoms with E-state index in [2.05, 4.69) is 19.2 Å². The van der Waals surface area contributed by atoms with E-state index in [-0.39, 0.29) is 18.7 Å². The summed E-state index contributed by atoms with van der Waals surface area (Å²) >= 11 is 4.30. The molecule has 5 heteroatoms. The fourth-order valence-corrected chi connectivity index (χ4v) is 2.53. The van der Waals surface area contributed by atoms with Crippen molar-refractivity contribution in [1.29, 1.82) is 0 Å². The zero-order valence-electron chi connectivity index (χ0n) is 14.1. The molecule has 0 saturated carbocycles. The van der Waals surface area contributed by atoms with Gasteiger partial charge in [-0.2, -0.15) is 0 Å². The third kappa shape index (κ3) is 6.67. The van der Waals surface area contributed by atoms with Crippen molar-refractivity contribution < 1.29 is 9.90 Å². The molecule has 1 aromatic carbocycles. The summed E-state index contributed by atoms with van der Waals surface area (Å²) in [6, 6.07) is 10.1. The molecule has 4 nitrogen and oxygen atoms in total. The van der Waals surface area contributed by atoms with Gasteiger partial charge in [0.2, 0.25) is 0 Å². The number of thiol groups is 1. The molecule has 0 aliphatic carbocycles. The Morgan fingerprint density at radius 3 is 2.39 bits per heavy atom. The highest BCUT2D eigenvalue weighted by atomic mass is 32.1. The van der Waals surface area contributed by atoms with E-state index in [9.17, 15) is 4.79 Å². The maximum Gasteiger partial charge on any atom is 0.325 e. The molecule has 0 atom stereocenters. The summed E-state index contributed by atoms with van der Waals surface area (Å²) in [6.45, 7) is 9.14. The highest BCUT2D eigenvalue weighted by molar-refractivity contribution is 7.84. The summed E-state index contributed by atoms with van der Waals surface area (Å²) < 4.78 is 0. The average Bonchev–Trinajstić information content (AvgIpc) is 2.52. The molecule has 0 aromatic heterocycles. The van der Waals surface area contributed by atoms with Crippen LogP contribution in [-0.2, 0) is 6.42 Å². The van der Waals surface area contributed by atoms with Crippen molar-refractivity contribution in [3.05, 3.63) is 47.5 Å². The molecule has 128 valence electrons. The number of rotatable bonds is 9. The molecule has 0 radical (unpaired) electrons. The van der Waals surface area contributed by atoms with Crippen LogP contribution in [0.15, 0.2) is 41.9 Å². The fourth-order valence-electron chi connectivity index (χ4n) is 2.34. The maximum atomic E-state index is 12.8. The number of hydrogen-bond acceptors (Lipinski definition) is 3. The number of urea groups is 1. The van der Waals surface area contributed by atoms with Crippen LogP contribution in [0.3, 0.4) is 0 Å². The van der Waals surface area contributed by atoms with Gasteiger partial charge in [0, 0.05) is 25.7 Å². The topological polar surface area (TPSA) is 43.8 Å². The number of carbonyl (C=O) groups excluding carboxylic acids is 1. The van der Waals surface area contributed by atoms with Crippen molar-refractivity contribution in [2.45, 2.75) is 39.2 Å². The van der Waals surface area contributed by atoms with E-state index in [1.807, 2.05) is 49.1 Å². The van der Waals surface area contributed by atoms with Crippen LogP contribution in [0.1, 0.15) is 32.3 Å². The van der Waals surface area contributed by atoms with Gasteiger partial charge in [0.05, 0.1) is 5.03 Å². The third-order valence-corrected chi connectivity index (χ3v) is 3.93. The van der Waals surface area contributed by atoms with Gasteiger partial charge in [0.1, 0.15) is 0 Å². The number of amides is 2. The summed E-state index contributed by atoms with van der Waals surface area (Å²) in [6.07, 6.45) is 2.24. The Morgan fingerprint density at radius 1 is 1.22 bits per heavy atom. The molecule has 1 rings (SSSR count). The van der Waals surface area contributed by atoms with Gasteiger partial charge >= 0.3 is 6.03 Å². The molecular weight excluding hydrogens is 308 g/mol. The molecule has 2 amide bonds. The Bertz CT molecular complexity index is 491. The first kappa shape index (κ1) is 19.6. The van der Waals surface area contributed by atoms with Gasteiger partial charge in [0.25, 0.3) is 0 Å². The first-order chi connectivity index (χ1) is 11.0. The van der Waals surface area contributed by atoms with Crippen molar-refractivity contribution in [2.24, 2.45) is 0 Å². The lowest BCUT2D eigenvalue weighted by atomic mass is 10.1. The Morgan fingerprint density at radius 2 is 1.87 bits per heavy atom. The minimum absolute atomic E-state index is 0.0751. The number of aliphatic hydroxyl groups excluding tert-OH is 1. The van der Waals surface area contributed by atoms with E-state index >= 15 is 0 Å². The molecule has 0 aliphatic rings. The first-order valence-corrected chi connectivity index (χ1v) is 8.53. The van der Waals surface area contributed by atoms with E-state index in [4.69, 9.17) is 5.11 Å². The van der Waals surface area contributed by atoms with Gasteiger partial charge in [-0.25, -0.2) is 4.79 Å². The minimum Gasteiger partial charge on any atom is -0.396 e. The molecule has 0 spiro atoms. The van der Waals surface area contributed by atoms with Crippen molar-refractivity contribution in [2.75, 3.05) is 19.7 Å². The Balaban J connectivity index is 2.72. The lowest BCUT2D eigenvalue weighted by Gasteiger charge is -2.33. The number of aliphatic hydroxyl groups is 1. The average molecular weight is 337 g/mol. The van der Waals surface area contributed by atoms with Crippen molar-refractivity contribution >= 4 is 18.7 Å². The van der Waals surface area contributed by atoms with Crippen LogP contribution in [0.5, 0.6) is 0 Å². The van der Waals surface area contributed by atoms with E-state index in [0.717, 1.165) is 12.8 Å². The summed E-state index contributed by atoms with van der Waals surface area (Å²) in [7, 11) is 0. The minimum atomic E-state index is -0.0751.